The van der Waals surface area contributed by atoms with Gasteiger partial charge >= 0.3 is 0 Å². The molecular weight excluding hydrogens is 368 g/mol. The number of nitrogens with one attached hydrogen (secondary N) is 1. The van der Waals surface area contributed by atoms with Crippen molar-refractivity contribution in [3.63, 3.8) is 0 Å². The summed E-state index contributed by atoms with van der Waals surface area (Å²) in [6.45, 7) is 3.76. The summed E-state index contributed by atoms with van der Waals surface area (Å²) in [5.41, 5.74) is 0. The summed E-state index contributed by atoms with van der Waals surface area (Å²) in [4.78, 5) is 0.286. The summed E-state index contributed by atoms with van der Waals surface area (Å²) in [6.07, 6.45) is 0. The maximum absolute atomic E-state index is 12.6. The zero-order chi connectivity index (χ0) is 14.0. The van der Waals surface area contributed by atoms with Crippen LogP contribution in [0.1, 0.15) is 6.92 Å². The van der Waals surface area contributed by atoms with E-state index in [1.54, 1.807) is 25.3 Å². The van der Waals surface area contributed by atoms with Crippen LogP contribution >= 0.6 is 28.3 Å². The van der Waals surface area contributed by atoms with Crippen molar-refractivity contribution in [2.45, 2.75) is 17.9 Å². The molecule has 0 aliphatic carbocycles. The first kappa shape index (κ1) is 17.7. The number of nitrogens with zero attached hydrogens (tertiary/aromatic N) is 1. The van der Waals surface area contributed by atoms with E-state index in [4.69, 9.17) is 4.74 Å². The number of hydrogen-bond acceptors (Lipinski definition) is 4. The van der Waals surface area contributed by atoms with Gasteiger partial charge in [-0.25, -0.2) is 8.42 Å². The van der Waals surface area contributed by atoms with Gasteiger partial charge in [-0.2, -0.15) is 4.31 Å². The molecule has 0 aromatic heterocycles. The molecule has 1 aliphatic rings. The van der Waals surface area contributed by atoms with Crippen LogP contribution in [0.2, 0.25) is 0 Å². The molecule has 1 heterocycles. The highest BCUT2D eigenvalue weighted by atomic mass is 79.9. The van der Waals surface area contributed by atoms with Gasteiger partial charge in [0, 0.05) is 25.7 Å². The Labute approximate surface area is 134 Å². The van der Waals surface area contributed by atoms with Crippen molar-refractivity contribution < 1.29 is 13.2 Å². The molecule has 0 unspecified atom stereocenters. The molecule has 1 aliphatic heterocycles. The molecule has 0 radical (unpaired) electrons. The summed E-state index contributed by atoms with van der Waals surface area (Å²) in [5.74, 6) is 0.618. The van der Waals surface area contributed by atoms with Crippen LogP contribution in [0.15, 0.2) is 27.6 Å². The van der Waals surface area contributed by atoms with Gasteiger partial charge in [0.05, 0.1) is 16.5 Å². The molecule has 1 saturated heterocycles. The second kappa shape index (κ2) is 7.09. The zero-order valence-electron chi connectivity index (χ0n) is 11.3. The van der Waals surface area contributed by atoms with E-state index in [0.29, 0.717) is 29.9 Å². The van der Waals surface area contributed by atoms with Crippen molar-refractivity contribution in [3.8, 4) is 5.75 Å². The molecule has 0 spiro atoms. The van der Waals surface area contributed by atoms with Gasteiger partial charge in [0.25, 0.3) is 0 Å². The summed E-state index contributed by atoms with van der Waals surface area (Å²) in [7, 11) is -1.90. The summed E-state index contributed by atoms with van der Waals surface area (Å²) < 4.78 is 32.5. The Bertz CT molecular complexity index is 568. The minimum Gasteiger partial charge on any atom is -0.496 e. The summed E-state index contributed by atoms with van der Waals surface area (Å²) >= 11 is 3.32. The Hall–Kier alpha value is -0.340. The predicted octanol–water partition coefficient (Wildman–Crippen LogP) is 1.86. The van der Waals surface area contributed by atoms with E-state index in [2.05, 4.69) is 21.2 Å². The van der Waals surface area contributed by atoms with E-state index < -0.39 is 10.0 Å². The molecule has 0 bridgehead atoms. The normalized spacial score (nSPS) is 20.2. The molecule has 1 fully saturated rings. The van der Waals surface area contributed by atoms with E-state index in [-0.39, 0.29) is 23.3 Å². The van der Waals surface area contributed by atoms with Crippen LogP contribution in [0.5, 0.6) is 5.75 Å². The van der Waals surface area contributed by atoms with Gasteiger partial charge in [0.1, 0.15) is 5.75 Å². The minimum absolute atomic E-state index is 0. The van der Waals surface area contributed by atoms with Gasteiger partial charge in [-0.05, 0) is 41.1 Å². The second-order valence-corrected chi connectivity index (χ2v) is 7.21. The lowest BCUT2D eigenvalue weighted by molar-refractivity contribution is 0.284. The molecule has 0 saturated carbocycles. The maximum atomic E-state index is 12.6. The largest absolute Gasteiger partial charge is 0.496 e. The highest BCUT2D eigenvalue weighted by molar-refractivity contribution is 9.10. The van der Waals surface area contributed by atoms with E-state index in [9.17, 15) is 8.42 Å². The third-order valence-corrected chi connectivity index (χ3v) is 5.80. The Kier molecular flexibility index (Phi) is 6.27. The van der Waals surface area contributed by atoms with Gasteiger partial charge in [-0.3, -0.25) is 0 Å². The first-order valence-corrected chi connectivity index (χ1v) is 8.26. The maximum Gasteiger partial charge on any atom is 0.243 e. The van der Waals surface area contributed by atoms with Gasteiger partial charge in [0.2, 0.25) is 10.0 Å². The Balaban J connectivity index is 0.00000200. The molecule has 1 aromatic rings. The van der Waals surface area contributed by atoms with Crippen molar-refractivity contribution >= 4 is 38.4 Å². The second-order valence-electron chi connectivity index (χ2n) is 4.47. The standard InChI is InChI=1S/C12H17BrN2O3S.ClH/c1-9-8-14-5-6-15(9)19(16,17)10-3-4-12(18-2)11(13)7-10;/h3-4,7,9,14H,5-6,8H2,1-2H3;1H/t9-;/m1./s1. The van der Waals surface area contributed by atoms with Crippen LogP contribution in [0.25, 0.3) is 0 Å². The molecule has 114 valence electrons. The Morgan fingerprint density at radius 1 is 1.45 bits per heavy atom. The number of ether oxygens (including phenoxy) is 1. The van der Waals surface area contributed by atoms with E-state index in [1.165, 1.54) is 4.31 Å². The lowest BCUT2D eigenvalue weighted by atomic mass is 10.3. The molecule has 8 heteroatoms. The number of benzene rings is 1. The first-order chi connectivity index (χ1) is 8.96. The zero-order valence-corrected chi connectivity index (χ0v) is 14.5. The predicted molar refractivity (Wildman–Crippen MR) is 84.2 cm³/mol. The first-order valence-electron chi connectivity index (χ1n) is 6.03. The topological polar surface area (TPSA) is 58.6 Å². The highest BCUT2D eigenvalue weighted by Gasteiger charge is 2.31. The Morgan fingerprint density at radius 3 is 2.70 bits per heavy atom. The average molecular weight is 386 g/mol. The van der Waals surface area contributed by atoms with Gasteiger partial charge in [-0.15, -0.1) is 12.4 Å². The van der Waals surface area contributed by atoms with Crippen molar-refractivity contribution in [1.82, 2.24) is 9.62 Å². The van der Waals surface area contributed by atoms with Crippen LogP contribution < -0.4 is 10.1 Å². The number of rotatable bonds is 3. The lowest BCUT2D eigenvalue weighted by Crippen LogP contribution is -2.52. The molecule has 5 nitrogen and oxygen atoms in total. The third kappa shape index (κ3) is 3.46. The van der Waals surface area contributed by atoms with Gasteiger partial charge in [0.15, 0.2) is 0 Å². The van der Waals surface area contributed by atoms with Crippen molar-refractivity contribution in [2.24, 2.45) is 0 Å². The van der Waals surface area contributed by atoms with E-state index >= 15 is 0 Å². The monoisotopic (exact) mass is 384 g/mol. The van der Waals surface area contributed by atoms with Crippen molar-refractivity contribution in [1.29, 1.82) is 0 Å². The van der Waals surface area contributed by atoms with Gasteiger partial charge in [-0.1, -0.05) is 0 Å². The van der Waals surface area contributed by atoms with Gasteiger partial charge < -0.3 is 10.1 Å². The SMILES string of the molecule is COc1ccc(S(=O)(=O)N2CCNC[C@H]2C)cc1Br.Cl. The fraction of sp³-hybridized carbons (Fsp3) is 0.500. The number of sulfonamides is 1. The fourth-order valence-corrected chi connectivity index (χ4v) is 4.47. The van der Waals surface area contributed by atoms with Crippen molar-refractivity contribution in [2.75, 3.05) is 26.7 Å². The third-order valence-electron chi connectivity index (χ3n) is 3.17. The number of piperazine rings is 1. The number of hydrogen-bond donors (Lipinski definition) is 1. The molecule has 20 heavy (non-hydrogen) atoms. The lowest BCUT2D eigenvalue weighted by Gasteiger charge is -2.32. The number of methoxy groups -OCH3 is 1. The van der Waals surface area contributed by atoms with Crippen LogP contribution in [-0.4, -0.2) is 45.5 Å². The van der Waals surface area contributed by atoms with Crippen LogP contribution in [0.3, 0.4) is 0 Å². The van der Waals surface area contributed by atoms with Crippen LogP contribution in [-0.2, 0) is 10.0 Å². The van der Waals surface area contributed by atoms with Crippen molar-refractivity contribution in [3.05, 3.63) is 22.7 Å². The highest BCUT2D eigenvalue weighted by Crippen LogP contribution is 2.29. The minimum atomic E-state index is -3.45. The summed E-state index contributed by atoms with van der Waals surface area (Å²) in [6, 6.07) is 4.78. The van der Waals surface area contributed by atoms with Crippen LogP contribution in [0, 0.1) is 0 Å². The number of halogens is 2. The van der Waals surface area contributed by atoms with E-state index in [0.717, 1.165) is 0 Å². The van der Waals surface area contributed by atoms with Crippen LogP contribution in [0.4, 0.5) is 0 Å². The summed E-state index contributed by atoms with van der Waals surface area (Å²) in [5, 5.41) is 3.18. The fourth-order valence-electron chi connectivity index (χ4n) is 2.12. The molecule has 0 amide bonds. The Morgan fingerprint density at radius 2 is 2.15 bits per heavy atom. The molecule has 2 rings (SSSR count). The molecule has 1 N–H and O–H groups in total. The van der Waals surface area contributed by atoms with E-state index in [1.807, 2.05) is 6.92 Å². The molecule has 1 atom stereocenters. The molecule has 1 aromatic carbocycles. The molecular formula is C12H18BrClN2O3S. The smallest absolute Gasteiger partial charge is 0.243 e. The average Bonchev–Trinajstić information content (AvgIpc) is 2.39. The quantitative estimate of drug-likeness (QED) is 0.863.